The SMILES string of the molecule is COc1cc(NC(=O)CN(c2ccc(Cl)c(C(F)(F)F)c2)S(=O)(=O)c2ccccc2)c(OC)cc1Cl. The van der Waals surface area contributed by atoms with Gasteiger partial charge in [0, 0.05) is 12.1 Å². The zero-order chi connectivity index (χ0) is 26.7. The molecule has 0 bridgehead atoms. The van der Waals surface area contributed by atoms with Gasteiger partial charge in [-0.1, -0.05) is 41.4 Å². The molecular weight excluding hydrogens is 544 g/mol. The van der Waals surface area contributed by atoms with Crippen molar-refractivity contribution >= 4 is 50.5 Å². The average molecular weight is 563 g/mol. The molecule has 3 aromatic carbocycles. The molecule has 1 amide bonds. The highest BCUT2D eigenvalue weighted by atomic mass is 35.5. The molecule has 0 spiro atoms. The van der Waals surface area contributed by atoms with E-state index in [0.29, 0.717) is 10.4 Å². The lowest BCUT2D eigenvalue weighted by Crippen LogP contribution is -2.38. The van der Waals surface area contributed by atoms with E-state index in [9.17, 15) is 26.4 Å². The van der Waals surface area contributed by atoms with Crippen molar-refractivity contribution in [3.63, 3.8) is 0 Å². The summed E-state index contributed by atoms with van der Waals surface area (Å²) in [6, 6.07) is 12.3. The number of carbonyl (C=O) groups excluding carboxylic acids is 1. The number of amides is 1. The van der Waals surface area contributed by atoms with Crippen LogP contribution < -0.4 is 19.1 Å². The lowest BCUT2D eigenvalue weighted by molar-refractivity contribution is -0.137. The maximum atomic E-state index is 13.5. The first-order valence-corrected chi connectivity index (χ1v) is 12.2. The number of alkyl halides is 3. The molecule has 7 nitrogen and oxygen atoms in total. The summed E-state index contributed by atoms with van der Waals surface area (Å²) in [5.41, 5.74) is -1.56. The van der Waals surface area contributed by atoms with E-state index in [1.165, 1.54) is 50.6 Å². The van der Waals surface area contributed by atoms with E-state index < -0.39 is 44.9 Å². The minimum atomic E-state index is -4.86. The Bertz CT molecular complexity index is 1370. The van der Waals surface area contributed by atoms with Gasteiger partial charge in [0.15, 0.2) is 0 Å². The zero-order valence-electron chi connectivity index (χ0n) is 18.8. The highest BCUT2D eigenvalue weighted by Crippen LogP contribution is 2.39. The molecule has 0 atom stereocenters. The van der Waals surface area contributed by atoms with Gasteiger partial charge in [0.05, 0.1) is 46.1 Å². The van der Waals surface area contributed by atoms with Crippen LogP contribution in [0.3, 0.4) is 0 Å². The fourth-order valence-corrected chi connectivity index (χ4v) is 5.09. The van der Waals surface area contributed by atoms with Gasteiger partial charge in [0.1, 0.15) is 18.0 Å². The van der Waals surface area contributed by atoms with Crippen molar-refractivity contribution < 1.29 is 35.9 Å². The fraction of sp³-hybridized carbons (Fsp3) is 0.174. The van der Waals surface area contributed by atoms with Crippen molar-refractivity contribution in [1.29, 1.82) is 0 Å². The number of sulfonamides is 1. The molecule has 0 aliphatic rings. The Morgan fingerprint density at radius 1 is 0.944 bits per heavy atom. The summed E-state index contributed by atoms with van der Waals surface area (Å²) in [5, 5.41) is 2.06. The largest absolute Gasteiger partial charge is 0.495 e. The Kier molecular flexibility index (Phi) is 8.27. The molecule has 36 heavy (non-hydrogen) atoms. The minimum absolute atomic E-state index is 0.105. The smallest absolute Gasteiger partial charge is 0.417 e. The van der Waals surface area contributed by atoms with Crippen molar-refractivity contribution in [2.45, 2.75) is 11.1 Å². The summed E-state index contributed by atoms with van der Waals surface area (Å²) in [7, 11) is -1.79. The summed E-state index contributed by atoms with van der Waals surface area (Å²) in [5.74, 6) is -0.521. The summed E-state index contributed by atoms with van der Waals surface area (Å²) in [6.45, 7) is -0.871. The number of hydrogen-bond acceptors (Lipinski definition) is 5. The average Bonchev–Trinajstić information content (AvgIpc) is 2.83. The molecule has 0 aromatic heterocycles. The third-order valence-corrected chi connectivity index (χ3v) is 7.32. The van der Waals surface area contributed by atoms with Crippen LogP contribution in [0.1, 0.15) is 5.56 Å². The molecule has 0 saturated heterocycles. The Balaban J connectivity index is 2.06. The Labute approximate surface area is 215 Å². The summed E-state index contributed by atoms with van der Waals surface area (Å²) in [6.07, 6.45) is -4.86. The Hall–Kier alpha value is -3.15. The first-order valence-electron chi connectivity index (χ1n) is 10.0. The van der Waals surface area contributed by atoms with Crippen molar-refractivity contribution in [3.05, 3.63) is 76.3 Å². The molecule has 3 aromatic rings. The standard InChI is InChI=1S/C23H19Cl2F3N2O5S/c1-34-20-12-19(21(35-2)11-18(20)25)29-22(31)13-30(36(32,33)15-6-4-3-5-7-15)14-8-9-17(24)16(10-14)23(26,27)28/h3-12H,13H2,1-2H3,(H,29,31). The van der Waals surface area contributed by atoms with E-state index >= 15 is 0 Å². The van der Waals surface area contributed by atoms with Gasteiger partial charge in [0.25, 0.3) is 10.0 Å². The van der Waals surface area contributed by atoms with Crippen LogP contribution in [-0.4, -0.2) is 35.1 Å². The molecule has 0 fully saturated rings. The predicted molar refractivity (Wildman–Crippen MR) is 131 cm³/mol. The first kappa shape index (κ1) is 27.4. The van der Waals surface area contributed by atoms with Crippen LogP contribution in [0.15, 0.2) is 65.6 Å². The number of hydrogen-bond donors (Lipinski definition) is 1. The van der Waals surface area contributed by atoms with Crippen LogP contribution >= 0.6 is 23.2 Å². The van der Waals surface area contributed by atoms with Crippen molar-refractivity contribution in [1.82, 2.24) is 0 Å². The van der Waals surface area contributed by atoms with Crippen molar-refractivity contribution in [2.24, 2.45) is 0 Å². The second kappa shape index (κ2) is 10.9. The van der Waals surface area contributed by atoms with E-state index in [-0.39, 0.29) is 27.1 Å². The molecule has 13 heteroatoms. The third-order valence-electron chi connectivity index (χ3n) is 4.91. The Morgan fingerprint density at radius 2 is 1.58 bits per heavy atom. The molecule has 0 unspecified atom stereocenters. The van der Waals surface area contributed by atoms with Gasteiger partial charge in [-0.25, -0.2) is 8.42 Å². The number of rotatable bonds is 8. The van der Waals surface area contributed by atoms with Gasteiger partial charge in [-0.15, -0.1) is 0 Å². The van der Waals surface area contributed by atoms with Crippen LogP contribution in [0.5, 0.6) is 11.5 Å². The highest BCUT2D eigenvalue weighted by molar-refractivity contribution is 7.92. The van der Waals surface area contributed by atoms with E-state index in [4.69, 9.17) is 32.7 Å². The maximum Gasteiger partial charge on any atom is 0.417 e. The van der Waals surface area contributed by atoms with Crippen LogP contribution in [0.25, 0.3) is 0 Å². The van der Waals surface area contributed by atoms with E-state index in [0.717, 1.165) is 12.1 Å². The van der Waals surface area contributed by atoms with Gasteiger partial charge in [-0.05, 0) is 30.3 Å². The fourth-order valence-electron chi connectivity index (χ4n) is 3.20. The molecule has 0 aliphatic carbocycles. The molecule has 3 rings (SSSR count). The molecule has 1 N–H and O–H groups in total. The van der Waals surface area contributed by atoms with Gasteiger partial charge < -0.3 is 14.8 Å². The lowest BCUT2D eigenvalue weighted by Gasteiger charge is -2.25. The molecule has 0 heterocycles. The summed E-state index contributed by atoms with van der Waals surface area (Å²) >= 11 is 11.8. The van der Waals surface area contributed by atoms with Gasteiger partial charge in [-0.3, -0.25) is 9.10 Å². The number of carbonyl (C=O) groups is 1. The zero-order valence-corrected chi connectivity index (χ0v) is 21.1. The molecule has 0 radical (unpaired) electrons. The summed E-state index contributed by atoms with van der Waals surface area (Å²) in [4.78, 5) is 12.8. The van der Waals surface area contributed by atoms with E-state index in [2.05, 4.69) is 5.32 Å². The number of anilines is 2. The monoisotopic (exact) mass is 562 g/mol. The van der Waals surface area contributed by atoms with Crippen molar-refractivity contribution in [3.8, 4) is 11.5 Å². The number of nitrogens with zero attached hydrogens (tertiary/aromatic N) is 1. The third kappa shape index (κ3) is 5.97. The first-order chi connectivity index (χ1) is 16.9. The highest BCUT2D eigenvalue weighted by Gasteiger charge is 2.35. The quantitative estimate of drug-likeness (QED) is 0.371. The van der Waals surface area contributed by atoms with Gasteiger partial charge in [-0.2, -0.15) is 13.2 Å². The minimum Gasteiger partial charge on any atom is -0.495 e. The molecule has 192 valence electrons. The lowest BCUT2D eigenvalue weighted by atomic mass is 10.2. The van der Waals surface area contributed by atoms with Crippen LogP contribution in [0.2, 0.25) is 10.0 Å². The molecule has 0 saturated carbocycles. The van der Waals surface area contributed by atoms with Crippen LogP contribution in [-0.2, 0) is 21.0 Å². The van der Waals surface area contributed by atoms with Gasteiger partial charge in [0.2, 0.25) is 5.91 Å². The second-order valence-corrected chi connectivity index (χ2v) is 9.90. The second-order valence-electron chi connectivity index (χ2n) is 7.22. The van der Waals surface area contributed by atoms with Crippen LogP contribution in [0.4, 0.5) is 24.5 Å². The number of benzene rings is 3. The van der Waals surface area contributed by atoms with Crippen LogP contribution in [0, 0.1) is 0 Å². The number of methoxy groups -OCH3 is 2. The van der Waals surface area contributed by atoms with E-state index in [1.807, 2.05) is 0 Å². The maximum absolute atomic E-state index is 13.5. The Morgan fingerprint density at radius 3 is 2.17 bits per heavy atom. The van der Waals surface area contributed by atoms with Crippen molar-refractivity contribution in [2.75, 3.05) is 30.4 Å². The normalized spacial score (nSPS) is 11.6. The molecular formula is C23H19Cl2F3N2O5S. The topological polar surface area (TPSA) is 84.9 Å². The number of ether oxygens (including phenoxy) is 2. The molecule has 0 aliphatic heterocycles. The summed E-state index contributed by atoms with van der Waals surface area (Å²) < 4.78 is 78.1. The van der Waals surface area contributed by atoms with Gasteiger partial charge >= 0.3 is 6.18 Å². The number of nitrogens with one attached hydrogen (secondary N) is 1. The number of halogens is 5. The van der Waals surface area contributed by atoms with E-state index in [1.54, 1.807) is 6.07 Å². The predicted octanol–water partition coefficient (Wildman–Crippen LogP) is 5.86.